The molecule has 0 aliphatic heterocycles. The summed E-state index contributed by atoms with van der Waals surface area (Å²) < 4.78 is 12.4. The number of amides is 2. The normalized spacial score (nSPS) is 11.5. The molecule has 1 atom stereocenters. The van der Waals surface area contributed by atoms with Crippen molar-refractivity contribution >= 4 is 11.8 Å². The fourth-order valence-corrected chi connectivity index (χ4v) is 3.19. The van der Waals surface area contributed by atoms with E-state index >= 15 is 0 Å². The third-order valence-corrected chi connectivity index (χ3v) is 4.93. The Morgan fingerprint density at radius 3 is 2.44 bits per heavy atom. The van der Waals surface area contributed by atoms with Crippen molar-refractivity contribution in [3.8, 4) is 28.4 Å². The van der Waals surface area contributed by atoms with E-state index in [4.69, 9.17) is 9.47 Å². The molecule has 0 spiro atoms. The molecule has 0 fully saturated rings. The maximum absolute atomic E-state index is 13.1. The van der Waals surface area contributed by atoms with Gasteiger partial charge in [0.25, 0.3) is 5.91 Å². The molecule has 3 rings (SSSR count). The smallest absolute Gasteiger partial charge is 0.255 e. The molecule has 2 amide bonds. The van der Waals surface area contributed by atoms with Crippen LogP contribution in [0.4, 0.5) is 0 Å². The van der Waals surface area contributed by atoms with Gasteiger partial charge in [0, 0.05) is 18.3 Å². The minimum absolute atomic E-state index is 0.233. The highest BCUT2D eigenvalue weighted by Gasteiger charge is 2.23. The third kappa shape index (κ3) is 5.08. The highest BCUT2D eigenvalue weighted by molar-refractivity contribution is 6.02. The summed E-state index contributed by atoms with van der Waals surface area (Å²) >= 11 is 0. The summed E-state index contributed by atoms with van der Waals surface area (Å²) in [5.74, 6) is 0.475. The van der Waals surface area contributed by atoms with Crippen molar-refractivity contribution in [1.29, 1.82) is 0 Å². The highest BCUT2D eigenvalue weighted by atomic mass is 16.5. The molecule has 0 aliphatic rings. The first-order valence-electron chi connectivity index (χ1n) is 10.4. The number of rotatable bonds is 9. The molecular weight excluding hydrogens is 408 g/mol. The summed E-state index contributed by atoms with van der Waals surface area (Å²) in [5, 5.41) is 10.2. The second kappa shape index (κ2) is 10.5. The van der Waals surface area contributed by atoms with Gasteiger partial charge in [0.05, 0.1) is 25.5 Å². The Bertz CT molecular complexity index is 1080. The summed E-state index contributed by atoms with van der Waals surface area (Å²) in [7, 11) is 3.11. The summed E-state index contributed by atoms with van der Waals surface area (Å²) in [6.07, 6.45) is 2.48. The van der Waals surface area contributed by atoms with Gasteiger partial charge in [-0.1, -0.05) is 25.1 Å². The average Bonchev–Trinajstić information content (AvgIpc) is 3.28. The number of ether oxygens (including phenoxy) is 2. The number of benzene rings is 2. The number of aromatic nitrogens is 2. The lowest BCUT2D eigenvalue weighted by atomic mass is 10.1. The van der Waals surface area contributed by atoms with Crippen molar-refractivity contribution in [3.63, 3.8) is 0 Å². The van der Waals surface area contributed by atoms with E-state index in [-0.39, 0.29) is 5.91 Å². The van der Waals surface area contributed by atoms with Crippen molar-refractivity contribution in [3.05, 3.63) is 60.3 Å². The third-order valence-electron chi connectivity index (χ3n) is 4.93. The van der Waals surface area contributed by atoms with Gasteiger partial charge < -0.3 is 20.1 Å². The molecular formula is C24H28N4O4. The van der Waals surface area contributed by atoms with Gasteiger partial charge in [-0.05, 0) is 43.7 Å². The van der Waals surface area contributed by atoms with Crippen molar-refractivity contribution in [1.82, 2.24) is 20.4 Å². The summed E-state index contributed by atoms with van der Waals surface area (Å²) in [6, 6.07) is 14.1. The van der Waals surface area contributed by atoms with Crippen LogP contribution in [0, 0.1) is 0 Å². The van der Waals surface area contributed by atoms with Crippen molar-refractivity contribution in [2.24, 2.45) is 0 Å². The molecule has 0 unspecified atom stereocenters. The van der Waals surface area contributed by atoms with E-state index in [2.05, 4.69) is 15.7 Å². The summed E-state index contributed by atoms with van der Waals surface area (Å²) in [5.41, 5.74) is 2.30. The lowest BCUT2D eigenvalue weighted by molar-refractivity contribution is -0.122. The van der Waals surface area contributed by atoms with Crippen LogP contribution < -0.4 is 20.1 Å². The zero-order valence-corrected chi connectivity index (χ0v) is 18.7. The summed E-state index contributed by atoms with van der Waals surface area (Å²) in [4.78, 5) is 25.4. The van der Waals surface area contributed by atoms with E-state index in [1.54, 1.807) is 44.2 Å². The van der Waals surface area contributed by atoms with Crippen LogP contribution in [0.2, 0.25) is 0 Å². The Hall–Kier alpha value is -3.81. The first kappa shape index (κ1) is 22.9. The molecule has 8 heteroatoms. The van der Waals surface area contributed by atoms with E-state index in [0.29, 0.717) is 34.9 Å². The van der Waals surface area contributed by atoms with Gasteiger partial charge in [-0.25, -0.2) is 4.68 Å². The van der Waals surface area contributed by atoms with Gasteiger partial charge in [-0.3, -0.25) is 9.59 Å². The SMILES string of the molecule is CCCNC(=O)[C@H](C)NC(=O)c1cn(-c2ccccc2)nc1-c1ccc(OC)c(OC)c1. The number of carbonyl (C=O) groups is 2. The standard InChI is InChI=1S/C24H28N4O4/c1-5-13-25-23(29)16(2)26-24(30)19-15-28(18-9-7-6-8-10-18)27-22(19)17-11-12-20(31-3)21(14-17)32-4/h6-12,14-16H,5,13H2,1-4H3,(H,25,29)(H,26,30)/t16-/m0/s1. The largest absolute Gasteiger partial charge is 0.493 e. The number of nitrogens with one attached hydrogen (secondary N) is 2. The minimum atomic E-state index is -0.688. The van der Waals surface area contributed by atoms with Crippen LogP contribution in [0.15, 0.2) is 54.7 Å². The van der Waals surface area contributed by atoms with E-state index in [0.717, 1.165) is 12.1 Å². The molecule has 8 nitrogen and oxygen atoms in total. The minimum Gasteiger partial charge on any atom is -0.493 e. The molecule has 3 aromatic rings. The van der Waals surface area contributed by atoms with E-state index in [9.17, 15) is 9.59 Å². The molecule has 0 saturated carbocycles. The number of methoxy groups -OCH3 is 2. The Morgan fingerprint density at radius 2 is 1.78 bits per heavy atom. The Balaban J connectivity index is 2.00. The predicted molar refractivity (Wildman–Crippen MR) is 122 cm³/mol. The predicted octanol–water partition coefficient (Wildman–Crippen LogP) is 3.20. The van der Waals surface area contributed by atoms with Crippen LogP contribution in [0.1, 0.15) is 30.6 Å². The van der Waals surface area contributed by atoms with Crippen molar-refractivity contribution < 1.29 is 19.1 Å². The first-order chi connectivity index (χ1) is 15.5. The molecule has 2 aromatic carbocycles. The van der Waals surface area contributed by atoms with Crippen molar-refractivity contribution in [2.75, 3.05) is 20.8 Å². The number of nitrogens with zero attached hydrogens (tertiary/aromatic N) is 2. The Morgan fingerprint density at radius 1 is 1.06 bits per heavy atom. The van der Waals surface area contributed by atoms with E-state index in [1.807, 2.05) is 43.3 Å². The van der Waals surface area contributed by atoms with Gasteiger partial charge in [-0.2, -0.15) is 5.10 Å². The van der Waals surface area contributed by atoms with Gasteiger partial charge in [0.1, 0.15) is 11.7 Å². The molecule has 0 bridgehead atoms. The van der Waals surface area contributed by atoms with Gasteiger partial charge in [0.15, 0.2) is 11.5 Å². The van der Waals surface area contributed by atoms with Crippen LogP contribution in [-0.4, -0.2) is 48.4 Å². The fourth-order valence-electron chi connectivity index (χ4n) is 3.19. The molecule has 168 valence electrons. The molecule has 1 aromatic heterocycles. The Kier molecular flexibility index (Phi) is 7.49. The van der Waals surface area contributed by atoms with Crippen LogP contribution in [0.25, 0.3) is 16.9 Å². The molecule has 2 N–H and O–H groups in total. The summed E-state index contributed by atoms with van der Waals surface area (Å²) in [6.45, 7) is 4.18. The fraction of sp³-hybridized carbons (Fsp3) is 0.292. The molecule has 0 saturated heterocycles. The van der Waals surface area contributed by atoms with E-state index < -0.39 is 11.9 Å². The second-order valence-corrected chi connectivity index (χ2v) is 7.23. The van der Waals surface area contributed by atoms with Crippen LogP contribution >= 0.6 is 0 Å². The van der Waals surface area contributed by atoms with Gasteiger partial charge in [-0.15, -0.1) is 0 Å². The maximum atomic E-state index is 13.1. The number of carbonyl (C=O) groups excluding carboxylic acids is 2. The monoisotopic (exact) mass is 436 g/mol. The van der Waals surface area contributed by atoms with Crippen molar-refractivity contribution in [2.45, 2.75) is 26.3 Å². The van der Waals surface area contributed by atoms with Crippen LogP contribution in [0.5, 0.6) is 11.5 Å². The lowest BCUT2D eigenvalue weighted by Gasteiger charge is -2.14. The van der Waals surface area contributed by atoms with Gasteiger partial charge in [0.2, 0.25) is 5.91 Å². The quantitative estimate of drug-likeness (QED) is 0.537. The number of para-hydroxylation sites is 1. The topological polar surface area (TPSA) is 94.5 Å². The zero-order chi connectivity index (χ0) is 23.1. The van der Waals surface area contributed by atoms with Crippen LogP contribution in [-0.2, 0) is 4.79 Å². The van der Waals surface area contributed by atoms with Crippen LogP contribution in [0.3, 0.4) is 0 Å². The number of hydrogen-bond acceptors (Lipinski definition) is 5. The molecule has 0 aliphatic carbocycles. The van der Waals surface area contributed by atoms with Gasteiger partial charge >= 0.3 is 0 Å². The highest BCUT2D eigenvalue weighted by Crippen LogP contribution is 2.33. The average molecular weight is 437 g/mol. The first-order valence-corrected chi connectivity index (χ1v) is 10.4. The number of hydrogen-bond donors (Lipinski definition) is 2. The molecule has 32 heavy (non-hydrogen) atoms. The zero-order valence-electron chi connectivity index (χ0n) is 18.7. The lowest BCUT2D eigenvalue weighted by Crippen LogP contribution is -2.45. The second-order valence-electron chi connectivity index (χ2n) is 7.23. The Labute approximate surface area is 187 Å². The molecule has 1 heterocycles. The maximum Gasteiger partial charge on any atom is 0.255 e. The van der Waals surface area contributed by atoms with E-state index in [1.165, 1.54) is 0 Å². The molecule has 0 radical (unpaired) electrons.